The van der Waals surface area contributed by atoms with E-state index in [0.29, 0.717) is 38.0 Å². The fraction of sp³-hybridized carbons (Fsp3) is 0.348. The summed E-state index contributed by atoms with van der Waals surface area (Å²) >= 11 is 0. The molecule has 2 heterocycles. The molecule has 0 spiro atoms. The Morgan fingerprint density at radius 1 is 0.966 bits per heavy atom. The Morgan fingerprint density at radius 2 is 1.66 bits per heavy atom. The zero-order chi connectivity index (χ0) is 20.6. The van der Waals surface area contributed by atoms with Gasteiger partial charge in [0.25, 0.3) is 5.91 Å². The summed E-state index contributed by atoms with van der Waals surface area (Å²) in [7, 11) is 0. The van der Waals surface area contributed by atoms with E-state index in [0.717, 1.165) is 23.2 Å². The number of rotatable bonds is 3. The Kier molecular flexibility index (Phi) is 4.86. The first-order chi connectivity index (χ1) is 13.9. The second-order valence-electron chi connectivity index (χ2n) is 7.81. The Labute approximate surface area is 169 Å². The van der Waals surface area contributed by atoms with Crippen LogP contribution in [0.5, 0.6) is 0 Å². The second kappa shape index (κ2) is 7.35. The highest BCUT2D eigenvalue weighted by Crippen LogP contribution is 2.36. The second-order valence-corrected chi connectivity index (χ2v) is 7.81. The number of benzene rings is 2. The molecule has 0 atom stereocenters. The number of anilines is 1. The molecule has 0 radical (unpaired) electrons. The lowest BCUT2D eigenvalue weighted by atomic mass is 9.72. The van der Waals surface area contributed by atoms with E-state index < -0.39 is 11.4 Å². The number of nitrogens with zero attached hydrogens (tertiary/aromatic N) is 2. The van der Waals surface area contributed by atoms with Crippen LogP contribution in [0.3, 0.4) is 0 Å². The van der Waals surface area contributed by atoms with Crippen LogP contribution < -0.4 is 4.90 Å². The minimum Gasteiger partial charge on any atom is -0.481 e. The summed E-state index contributed by atoms with van der Waals surface area (Å²) in [6.07, 6.45) is 1.52. The van der Waals surface area contributed by atoms with E-state index in [1.165, 1.54) is 0 Å². The minimum atomic E-state index is -0.946. The van der Waals surface area contributed by atoms with E-state index >= 15 is 0 Å². The molecular formula is C23H24N2O4. The molecule has 4 rings (SSSR count). The van der Waals surface area contributed by atoms with E-state index in [9.17, 15) is 19.5 Å². The van der Waals surface area contributed by atoms with Crippen LogP contribution in [0.2, 0.25) is 0 Å². The van der Waals surface area contributed by atoms with Gasteiger partial charge in [0.2, 0.25) is 5.91 Å². The number of aliphatic carboxylic acids is 1. The number of carbonyl (C=O) groups excluding carboxylic acids is 2. The van der Waals surface area contributed by atoms with Crippen LogP contribution in [0.25, 0.3) is 0 Å². The molecule has 6 heteroatoms. The van der Waals surface area contributed by atoms with Crippen molar-refractivity contribution in [2.75, 3.05) is 24.5 Å². The van der Waals surface area contributed by atoms with Crippen molar-refractivity contribution < 1.29 is 19.5 Å². The third-order valence-electron chi connectivity index (χ3n) is 6.24. The van der Waals surface area contributed by atoms with Gasteiger partial charge in [0.15, 0.2) is 0 Å². The predicted molar refractivity (Wildman–Crippen MR) is 109 cm³/mol. The van der Waals surface area contributed by atoms with Crippen LogP contribution in [0.4, 0.5) is 5.69 Å². The third kappa shape index (κ3) is 3.28. The van der Waals surface area contributed by atoms with Crippen molar-refractivity contribution in [3.63, 3.8) is 0 Å². The number of carboxylic acids is 1. The average Bonchev–Trinajstić information content (AvgIpc) is 3.17. The third-order valence-corrected chi connectivity index (χ3v) is 6.24. The zero-order valence-electron chi connectivity index (χ0n) is 16.4. The summed E-state index contributed by atoms with van der Waals surface area (Å²) in [5.74, 6) is -0.913. The van der Waals surface area contributed by atoms with Crippen molar-refractivity contribution in [3.05, 3.63) is 65.2 Å². The smallest absolute Gasteiger partial charge is 0.314 e. The molecule has 2 aromatic rings. The lowest BCUT2D eigenvalue weighted by molar-refractivity contribution is -0.145. The lowest BCUT2D eigenvalue weighted by Crippen LogP contribution is -2.49. The summed E-state index contributed by atoms with van der Waals surface area (Å²) < 4.78 is 0. The van der Waals surface area contributed by atoms with Crippen LogP contribution in [-0.4, -0.2) is 47.4 Å². The number of likely N-dealkylation sites (tertiary alicyclic amines) is 1. The van der Waals surface area contributed by atoms with Crippen LogP contribution in [0.1, 0.15) is 41.3 Å². The Hall–Kier alpha value is -3.15. The first kappa shape index (κ1) is 19.2. The van der Waals surface area contributed by atoms with Crippen LogP contribution in [0, 0.1) is 0 Å². The molecule has 0 aromatic heterocycles. The molecule has 0 aliphatic carbocycles. The van der Waals surface area contributed by atoms with Gasteiger partial charge in [-0.1, -0.05) is 30.3 Å². The molecule has 1 fully saturated rings. The van der Waals surface area contributed by atoms with Crippen molar-refractivity contribution in [2.24, 2.45) is 0 Å². The number of hydrogen-bond acceptors (Lipinski definition) is 3. The normalized spacial score (nSPS) is 17.7. The SMILES string of the molecule is CC(=O)N1CCc2cc(C(=O)N3CCC(C(=O)O)(c4ccccc4)CC3)ccc21. The van der Waals surface area contributed by atoms with Crippen molar-refractivity contribution in [1.29, 1.82) is 0 Å². The summed E-state index contributed by atoms with van der Waals surface area (Å²) in [6.45, 7) is 2.99. The molecule has 6 nitrogen and oxygen atoms in total. The van der Waals surface area contributed by atoms with Gasteiger partial charge in [-0.15, -0.1) is 0 Å². The average molecular weight is 392 g/mol. The fourth-order valence-electron chi connectivity index (χ4n) is 4.52. The molecule has 2 aromatic carbocycles. The van der Waals surface area contributed by atoms with Gasteiger partial charge in [0.05, 0.1) is 5.41 Å². The van der Waals surface area contributed by atoms with Crippen molar-refractivity contribution in [2.45, 2.75) is 31.6 Å². The van der Waals surface area contributed by atoms with E-state index in [1.54, 1.807) is 22.8 Å². The molecule has 29 heavy (non-hydrogen) atoms. The van der Waals surface area contributed by atoms with Gasteiger partial charge in [0, 0.05) is 37.8 Å². The summed E-state index contributed by atoms with van der Waals surface area (Å²) in [5.41, 5.74) is 2.32. The molecule has 0 saturated carbocycles. The lowest BCUT2D eigenvalue weighted by Gasteiger charge is -2.39. The molecule has 0 bridgehead atoms. The van der Waals surface area contributed by atoms with Gasteiger partial charge in [-0.2, -0.15) is 0 Å². The van der Waals surface area contributed by atoms with Gasteiger partial charge >= 0.3 is 5.97 Å². The summed E-state index contributed by atoms with van der Waals surface area (Å²) in [6, 6.07) is 14.8. The molecule has 1 N–H and O–H groups in total. The van der Waals surface area contributed by atoms with Crippen LogP contribution in [-0.2, 0) is 21.4 Å². The maximum Gasteiger partial charge on any atom is 0.314 e. The number of carbonyl (C=O) groups is 3. The highest BCUT2D eigenvalue weighted by Gasteiger charge is 2.44. The fourth-order valence-corrected chi connectivity index (χ4v) is 4.52. The van der Waals surface area contributed by atoms with E-state index in [2.05, 4.69) is 0 Å². The minimum absolute atomic E-state index is 0.00443. The molecular weight excluding hydrogens is 368 g/mol. The number of piperidine rings is 1. The molecule has 1 saturated heterocycles. The molecule has 150 valence electrons. The van der Waals surface area contributed by atoms with Gasteiger partial charge in [-0.25, -0.2) is 0 Å². The first-order valence-electron chi connectivity index (χ1n) is 9.91. The van der Waals surface area contributed by atoms with E-state index in [1.807, 2.05) is 42.5 Å². The van der Waals surface area contributed by atoms with E-state index in [4.69, 9.17) is 0 Å². The molecule has 0 unspecified atom stereocenters. The van der Waals surface area contributed by atoms with Gasteiger partial charge in [-0.05, 0) is 48.6 Å². The highest BCUT2D eigenvalue weighted by molar-refractivity contribution is 5.98. The maximum absolute atomic E-state index is 13.0. The van der Waals surface area contributed by atoms with Crippen LogP contribution in [0.15, 0.2) is 48.5 Å². The van der Waals surface area contributed by atoms with Gasteiger partial charge in [-0.3, -0.25) is 14.4 Å². The monoisotopic (exact) mass is 392 g/mol. The molecule has 2 amide bonds. The first-order valence-corrected chi connectivity index (χ1v) is 9.91. The zero-order valence-corrected chi connectivity index (χ0v) is 16.4. The summed E-state index contributed by atoms with van der Waals surface area (Å²) in [4.78, 5) is 40.3. The maximum atomic E-state index is 13.0. The quantitative estimate of drug-likeness (QED) is 0.871. The van der Waals surface area contributed by atoms with Crippen molar-refractivity contribution in [3.8, 4) is 0 Å². The summed E-state index contributed by atoms with van der Waals surface area (Å²) in [5, 5.41) is 9.92. The highest BCUT2D eigenvalue weighted by atomic mass is 16.4. The van der Waals surface area contributed by atoms with Crippen LogP contribution >= 0.6 is 0 Å². The number of amides is 2. The molecule has 2 aliphatic heterocycles. The largest absolute Gasteiger partial charge is 0.481 e. The van der Waals surface area contributed by atoms with Crippen molar-refractivity contribution in [1.82, 2.24) is 4.90 Å². The Morgan fingerprint density at radius 3 is 2.28 bits per heavy atom. The Bertz CT molecular complexity index is 962. The predicted octanol–water partition coefficient (Wildman–Crippen LogP) is 2.85. The van der Waals surface area contributed by atoms with Crippen molar-refractivity contribution >= 4 is 23.5 Å². The molecule has 2 aliphatic rings. The van der Waals surface area contributed by atoms with Gasteiger partial charge < -0.3 is 14.9 Å². The Balaban J connectivity index is 1.51. The number of carboxylic acid groups (broad SMARTS) is 1. The topological polar surface area (TPSA) is 77.9 Å². The standard InChI is InChI=1S/C23H24N2O4/c1-16(26)25-12-9-17-15-18(7-8-20(17)25)21(27)24-13-10-23(11-14-24,22(28)29)19-5-3-2-4-6-19/h2-8,15H,9-14H2,1H3,(H,28,29). The van der Waals surface area contributed by atoms with E-state index in [-0.39, 0.29) is 11.8 Å². The number of fused-ring (bicyclic) bond motifs is 1. The number of hydrogen-bond donors (Lipinski definition) is 1. The van der Waals surface area contributed by atoms with Gasteiger partial charge in [0.1, 0.15) is 0 Å².